The zero-order valence-electron chi connectivity index (χ0n) is 14.3. The molecule has 0 amide bonds. The lowest BCUT2D eigenvalue weighted by atomic mass is 10.2. The number of nitrogens with one attached hydrogen (secondary N) is 1. The summed E-state index contributed by atoms with van der Waals surface area (Å²) in [6.07, 6.45) is 0.422. The molecule has 0 fully saturated rings. The molecule has 28 heavy (non-hydrogen) atoms. The third-order valence-corrected chi connectivity index (χ3v) is 6.57. The van der Waals surface area contributed by atoms with Crippen LogP contribution in [0.4, 0.5) is 4.39 Å². The van der Waals surface area contributed by atoms with Crippen LogP contribution in [0.5, 0.6) is 0 Å². The van der Waals surface area contributed by atoms with E-state index >= 15 is 0 Å². The number of halogens is 2. The van der Waals surface area contributed by atoms with E-state index in [4.69, 9.17) is 11.6 Å². The normalized spacial score (nSPS) is 11.9. The Bertz CT molecular complexity index is 1250. The van der Waals surface area contributed by atoms with E-state index in [1.165, 1.54) is 35.6 Å². The number of sulfonamides is 1. The molecule has 0 radical (unpaired) electrons. The second-order valence-electron chi connectivity index (χ2n) is 5.97. The molecule has 6 nitrogen and oxygen atoms in total. The smallest absolute Gasteiger partial charge is 0.211 e. The molecule has 0 aliphatic rings. The van der Waals surface area contributed by atoms with Gasteiger partial charge in [-0.3, -0.25) is 0 Å². The molecule has 2 aromatic carbocycles. The minimum Gasteiger partial charge on any atom is -0.211 e. The molecule has 0 unspecified atom stereocenters. The van der Waals surface area contributed by atoms with Crippen LogP contribution in [-0.2, 0) is 16.4 Å². The fraction of sp³-hybridized carbons (Fsp3) is 0.111. The van der Waals surface area contributed by atoms with Gasteiger partial charge in [-0.1, -0.05) is 29.8 Å². The van der Waals surface area contributed by atoms with Crippen molar-refractivity contribution >= 4 is 37.9 Å². The van der Waals surface area contributed by atoms with Crippen LogP contribution in [0.25, 0.3) is 16.3 Å². The Morgan fingerprint density at radius 3 is 2.79 bits per heavy atom. The topological polar surface area (TPSA) is 76.4 Å². The predicted octanol–water partition coefficient (Wildman–Crippen LogP) is 3.77. The van der Waals surface area contributed by atoms with Gasteiger partial charge >= 0.3 is 0 Å². The summed E-state index contributed by atoms with van der Waals surface area (Å²) in [6.45, 7) is 0.190. The van der Waals surface area contributed by atoms with Crippen molar-refractivity contribution in [2.45, 2.75) is 11.3 Å². The summed E-state index contributed by atoms with van der Waals surface area (Å²) in [4.78, 5) is 5.18. The molecule has 0 atom stereocenters. The third-order valence-electron chi connectivity index (χ3n) is 4.01. The lowest BCUT2D eigenvalue weighted by Gasteiger charge is -2.06. The summed E-state index contributed by atoms with van der Waals surface area (Å²) in [5.74, 6) is 0.0680. The predicted molar refractivity (Wildman–Crippen MR) is 107 cm³/mol. The number of fused-ring (bicyclic) bond motifs is 1. The quantitative estimate of drug-likeness (QED) is 0.499. The molecule has 1 N–H and O–H groups in total. The van der Waals surface area contributed by atoms with Crippen LogP contribution >= 0.6 is 22.9 Å². The van der Waals surface area contributed by atoms with Crippen LogP contribution in [0.1, 0.15) is 5.69 Å². The van der Waals surface area contributed by atoms with Crippen molar-refractivity contribution in [3.8, 4) is 11.4 Å². The minimum absolute atomic E-state index is 0.115. The number of benzene rings is 2. The minimum atomic E-state index is -3.65. The fourth-order valence-corrected chi connectivity index (χ4v) is 4.87. The maximum Gasteiger partial charge on any atom is 0.240 e. The molecule has 2 heterocycles. The van der Waals surface area contributed by atoms with E-state index in [0.29, 0.717) is 27.8 Å². The van der Waals surface area contributed by atoms with Crippen molar-refractivity contribution in [2.24, 2.45) is 0 Å². The van der Waals surface area contributed by atoms with Gasteiger partial charge in [-0.15, -0.1) is 16.4 Å². The highest BCUT2D eigenvalue weighted by Gasteiger charge is 2.16. The number of rotatable bonds is 6. The van der Waals surface area contributed by atoms with Gasteiger partial charge in [0.05, 0.1) is 10.6 Å². The average Bonchev–Trinajstić information content (AvgIpc) is 3.23. The van der Waals surface area contributed by atoms with Crippen LogP contribution in [-0.4, -0.2) is 29.6 Å². The van der Waals surface area contributed by atoms with Gasteiger partial charge in [0.15, 0.2) is 5.82 Å². The van der Waals surface area contributed by atoms with Gasteiger partial charge in [0.2, 0.25) is 15.0 Å². The molecule has 4 rings (SSSR count). The first-order chi connectivity index (χ1) is 13.4. The van der Waals surface area contributed by atoms with E-state index < -0.39 is 10.0 Å². The maximum atomic E-state index is 13.4. The molecule has 144 valence electrons. The molecule has 4 aromatic rings. The highest BCUT2D eigenvalue weighted by molar-refractivity contribution is 7.89. The van der Waals surface area contributed by atoms with Crippen LogP contribution in [0.3, 0.4) is 0 Å². The highest BCUT2D eigenvalue weighted by atomic mass is 35.5. The van der Waals surface area contributed by atoms with Crippen molar-refractivity contribution in [3.05, 3.63) is 70.4 Å². The lowest BCUT2D eigenvalue weighted by molar-refractivity contribution is 0.581. The van der Waals surface area contributed by atoms with E-state index in [1.807, 2.05) is 5.38 Å². The molecule has 10 heteroatoms. The zero-order chi connectivity index (χ0) is 19.7. The third kappa shape index (κ3) is 3.93. The lowest BCUT2D eigenvalue weighted by Crippen LogP contribution is -2.26. The van der Waals surface area contributed by atoms with Gasteiger partial charge in [0, 0.05) is 28.9 Å². The second kappa shape index (κ2) is 7.59. The van der Waals surface area contributed by atoms with Gasteiger partial charge in [-0.05, 0) is 30.3 Å². The molecule has 0 saturated heterocycles. The van der Waals surface area contributed by atoms with Gasteiger partial charge < -0.3 is 0 Å². The van der Waals surface area contributed by atoms with Crippen LogP contribution < -0.4 is 4.72 Å². The first-order valence-corrected chi connectivity index (χ1v) is 11.0. The Morgan fingerprint density at radius 2 is 2.00 bits per heavy atom. The largest absolute Gasteiger partial charge is 0.240 e. The zero-order valence-corrected chi connectivity index (χ0v) is 16.7. The summed E-state index contributed by atoms with van der Waals surface area (Å²) in [6, 6.07) is 12.2. The molecular formula is C18H14ClFN4O2S2. The number of aromatic nitrogens is 3. The Morgan fingerprint density at radius 1 is 1.18 bits per heavy atom. The van der Waals surface area contributed by atoms with E-state index in [0.717, 1.165) is 5.69 Å². The fourth-order valence-electron chi connectivity index (χ4n) is 2.68. The molecule has 0 saturated carbocycles. The maximum absolute atomic E-state index is 13.4. The van der Waals surface area contributed by atoms with Crippen molar-refractivity contribution < 1.29 is 12.8 Å². The van der Waals surface area contributed by atoms with Crippen LogP contribution in [0.15, 0.2) is 58.8 Å². The van der Waals surface area contributed by atoms with Crippen molar-refractivity contribution in [2.75, 3.05) is 6.54 Å². The van der Waals surface area contributed by atoms with E-state index in [9.17, 15) is 12.8 Å². The van der Waals surface area contributed by atoms with Gasteiger partial charge in [-0.2, -0.15) is 4.98 Å². The Labute approximate surface area is 169 Å². The van der Waals surface area contributed by atoms with E-state index in [-0.39, 0.29) is 17.3 Å². The Balaban J connectivity index is 1.50. The highest BCUT2D eigenvalue weighted by Crippen LogP contribution is 2.22. The first kappa shape index (κ1) is 19.0. The van der Waals surface area contributed by atoms with Gasteiger partial charge in [0.25, 0.3) is 0 Å². The van der Waals surface area contributed by atoms with Crippen molar-refractivity contribution in [1.29, 1.82) is 0 Å². The number of nitrogens with zero attached hydrogens (tertiary/aromatic N) is 3. The van der Waals surface area contributed by atoms with E-state index in [2.05, 4.69) is 14.8 Å². The molecule has 0 spiro atoms. The number of hydrogen-bond donors (Lipinski definition) is 1. The Hall–Kier alpha value is -2.33. The van der Waals surface area contributed by atoms with Crippen molar-refractivity contribution in [3.63, 3.8) is 0 Å². The van der Waals surface area contributed by atoms with Crippen LogP contribution in [0, 0.1) is 5.82 Å². The van der Waals surface area contributed by atoms with Crippen LogP contribution in [0.2, 0.25) is 5.02 Å². The standard InChI is InChI=1S/C18H14ClFN4O2S2/c19-13-4-2-6-16(10-13)28(25,26)21-8-7-15-11-27-18-22-17(23-24(15)18)12-3-1-5-14(20)9-12/h1-6,9-11,21H,7-8H2. The first-order valence-electron chi connectivity index (χ1n) is 8.27. The van der Waals surface area contributed by atoms with E-state index in [1.54, 1.807) is 28.8 Å². The van der Waals surface area contributed by atoms with Gasteiger partial charge in [-0.25, -0.2) is 22.0 Å². The molecule has 0 aliphatic carbocycles. The van der Waals surface area contributed by atoms with Gasteiger partial charge in [0.1, 0.15) is 5.82 Å². The molecule has 0 bridgehead atoms. The summed E-state index contributed by atoms with van der Waals surface area (Å²) < 4.78 is 42.4. The summed E-state index contributed by atoms with van der Waals surface area (Å²) >= 11 is 7.25. The number of hydrogen-bond acceptors (Lipinski definition) is 5. The van der Waals surface area contributed by atoms with Crippen molar-refractivity contribution in [1.82, 2.24) is 19.3 Å². The molecule has 2 aromatic heterocycles. The second-order valence-corrected chi connectivity index (χ2v) is 9.01. The monoisotopic (exact) mass is 436 g/mol. The average molecular weight is 437 g/mol. The molecule has 0 aliphatic heterocycles. The Kier molecular flexibility index (Phi) is 5.15. The number of thiazole rings is 1. The summed E-state index contributed by atoms with van der Waals surface area (Å²) in [7, 11) is -3.65. The molecular weight excluding hydrogens is 423 g/mol. The summed E-state index contributed by atoms with van der Waals surface area (Å²) in [5.41, 5.74) is 1.40. The summed E-state index contributed by atoms with van der Waals surface area (Å²) in [5, 5.41) is 6.65. The SMILES string of the molecule is O=S(=O)(NCCc1csc2nc(-c3cccc(F)c3)nn12)c1cccc(Cl)c1.